The standard InChI is InChI=1S/C12H17BO4Si/c1-18(2,3)8-16-12(14)9-4-5-10-7-17-13(15)11(10)6-9/h4-6,15H,7-8H2,1-3H3. The van der Waals surface area contributed by atoms with E-state index in [0.29, 0.717) is 23.9 Å². The van der Waals surface area contributed by atoms with E-state index >= 15 is 0 Å². The number of carbonyl (C=O) groups is 1. The highest BCUT2D eigenvalue weighted by atomic mass is 28.3. The summed E-state index contributed by atoms with van der Waals surface area (Å²) in [5.41, 5.74) is 2.05. The van der Waals surface area contributed by atoms with E-state index in [1.165, 1.54) is 0 Å². The average molecular weight is 264 g/mol. The summed E-state index contributed by atoms with van der Waals surface area (Å²) in [6.45, 7) is 6.81. The number of carbonyl (C=O) groups excluding carboxylic acids is 1. The van der Waals surface area contributed by atoms with Crippen LogP contribution in [0.3, 0.4) is 0 Å². The summed E-state index contributed by atoms with van der Waals surface area (Å²) in [5, 5.41) is 9.58. The SMILES string of the molecule is C[Si](C)(C)COC(=O)c1ccc2c(c1)B(O)OC2. The molecule has 0 saturated carbocycles. The molecule has 1 heterocycles. The smallest absolute Gasteiger partial charge is 0.466 e. The normalized spacial score (nSPS) is 14.6. The maximum absolute atomic E-state index is 11.9. The van der Waals surface area contributed by atoms with E-state index < -0.39 is 15.2 Å². The van der Waals surface area contributed by atoms with E-state index in [2.05, 4.69) is 19.6 Å². The minimum atomic E-state index is -1.40. The molecule has 1 aliphatic rings. The first-order chi connectivity index (χ1) is 8.37. The van der Waals surface area contributed by atoms with Crippen molar-refractivity contribution in [3.05, 3.63) is 29.3 Å². The molecule has 1 aliphatic heterocycles. The molecule has 1 aromatic carbocycles. The van der Waals surface area contributed by atoms with E-state index in [9.17, 15) is 9.82 Å². The van der Waals surface area contributed by atoms with Gasteiger partial charge in [-0.3, -0.25) is 0 Å². The summed E-state index contributed by atoms with van der Waals surface area (Å²) in [5.74, 6) is -0.334. The lowest BCUT2D eigenvalue weighted by molar-refractivity contribution is 0.0565. The second-order valence-corrected chi connectivity index (χ2v) is 11.1. The quantitative estimate of drug-likeness (QED) is 0.652. The van der Waals surface area contributed by atoms with Gasteiger partial charge in [-0.1, -0.05) is 25.7 Å². The molecule has 18 heavy (non-hydrogen) atoms. The molecule has 1 aromatic rings. The molecular weight excluding hydrogens is 247 g/mol. The molecule has 0 bridgehead atoms. The number of benzene rings is 1. The van der Waals surface area contributed by atoms with Crippen LogP contribution in [0.15, 0.2) is 18.2 Å². The van der Waals surface area contributed by atoms with E-state index in [-0.39, 0.29) is 5.97 Å². The van der Waals surface area contributed by atoms with Crippen molar-refractivity contribution >= 4 is 26.6 Å². The predicted octanol–water partition coefficient (Wildman–Crippen LogP) is 0.938. The van der Waals surface area contributed by atoms with Gasteiger partial charge >= 0.3 is 13.1 Å². The van der Waals surface area contributed by atoms with Crippen molar-refractivity contribution in [1.29, 1.82) is 0 Å². The summed E-state index contributed by atoms with van der Waals surface area (Å²) in [6.07, 6.45) is 0.502. The second-order valence-electron chi connectivity index (χ2n) is 5.71. The largest absolute Gasteiger partial charge is 0.491 e. The van der Waals surface area contributed by atoms with Crippen molar-refractivity contribution in [2.75, 3.05) is 6.23 Å². The van der Waals surface area contributed by atoms with Crippen LogP contribution in [0, 0.1) is 0 Å². The first-order valence-electron chi connectivity index (χ1n) is 5.96. The van der Waals surface area contributed by atoms with Crippen molar-refractivity contribution in [2.24, 2.45) is 0 Å². The van der Waals surface area contributed by atoms with E-state index in [0.717, 1.165) is 5.56 Å². The molecule has 0 fully saturated rings. The van der Waals surface area contributed by atoms with Gasteiger partial charge in [-0.15, -0.1) is 0 Å². The van der Waals surface area contributed by atoms with Gasteiger partial charge in [0.25, 0.3) is 0 Å². The predicted molar refractivity (Wildman–Crippen MR) is 72.5 cm³/mol. The lowest BCUT2D eigenvalue weighted by Gasteiger charge is -2.15. The molecule has 0 radical (unpaired) electrons. The van der Waals surface area contributed by atoms with Crippen LogP contribution in [0.25, 0.3) is 0 Å². The minimum Gasteiger partial charge on any atom is -0.466 e. The molecule has 4 nitrogen and oxygen atoms in total. The van der Waals surface area contributed by atoms with Gasteiger partial charge < -0.3 is 14.4 Å². The molecule has 0 aliphatic carbocycles. The third-order valence-electron chi connectivity index (χ3n) is 2.68. The lowest BCUT2D eigenvalue weighted by Crippen LogP contribution is -2.31. The molecule has 1 N–H and O–H groups in total. The van der Waals surface area contributed by atoms with Gasteiger partial charge in [0, 0.05) is 0 Å². The summed E-state index contributed by atoms with van der Waals surface area (Å²) in [4.78, 5) is 11.9. The van der Waals surface area contributed by atoms with Gasteiger partial charge in [0.15, 0.2) is 0 Å². The van der Waals surface area contributed by atoms with Crippen LogP contribution in [0.5, 0.6) is 0 Å². The number of rotatable bonds is 3. The van der Waals surface area contributed by atoms with Crippen LogP contribution in [0.1, 0.15) is 15.9 Å². The maximum atomic E-state index is 11.9. The Morgan fingerprint density at radius 2 is 2.22 bits per heavy atom. The molecule has 0 aromatic heterocycles. The number of hydrogen-bond donors (Lipinski definition) is 1. The summed E-state index contributed by atoms with van der Waals surface area (Å²) in [6, 6.07) is 5.17. The van der Waals surface area contributed by atoms with E-state index in [4.69, 9.17) is 9.39 Å². The Balaban J connectivity index is 2.10. The van der Waals surface area contributed by atoms with Crippen LogP contribution >= 0.6 is 0 Å². The fourth-order valence-electron chi connectivity index (χ4n) is 1.71. The summed E-state index contributed by atoms with van der Waals surface area (Å²) in [7, 11) is -2.33. The van der Waals surface area contributed by atoms with Gasteiger partial charge in [0.2, 0.25) is 0 Å². The van der Waals surface area contributed by atoms with E-state index in [1.807, 2.05) is 0 Å². The first kappa shape index (κ1) is 13.3. The lowest BCUT2D eigenvalue weighted by atomic mass is 9.79. The fourth-order valence-corrected chi connectivity index (χ4v) is 2.27. The Hall–Kier alpha value is -1.11. The van der Waals surface area contributed by atoms with Crippen LogP contribution < -0.4 is 5.46 Å². The van der Waals surface area contributed by atoms with Crippen molar-refractivity contribution in [2.45, 2.75) is 26.2 Å². The van der Waals surface area contributed by atoms with Gasteiger partial charge in [0.05, 0.1) is 26.5 Å². The zero-order valence-electron chi connectivity index (χ0n) is 10.9. The zero-order valence-corrected chi connectivity index (χ0v) is 11.9. The molecule has 0 unspecified atom stereocenters. The van der Waals surface area contributed by atoms with Crippen LogP contribution in [0.4, 0.5) is 0 Å². The molecule has 0 amide bonds. The second kappa shape index (κ2) is 4.87. The maximum Gasteiger partial charge on any atom is 0.491 e. The Morgan fingerprint density at radius 3 is 2.89 bits per heavy atom. The molecule has 0 spiro atoms. The van der Waals surface area contributed by atoms with Crippen LogP contribution in [-0.2, 0) is 16.0 Å². The van der Waals surface area contributed by atoms with Crippen LogP contribution in [0.2, 0.25) is 19.6 Å². The Labute approximate surface area is 108 Å². The molecule has 6 heteroatoms. The molecule has 2 rings (SSSR count). The summed E-state index contributed by atoms with van der Waals surface area (Å²) < 4.78 is 10.4. The number of fused-ring (bicyclic) bond motifs is 1. The van der Waals surface area contributed by atoms with Crippen molar-refractivity contribution < 1.29 is 19.2 Å². The third-order valence-corrected chi connectivity index (χ3v) is 3.69. The Kier molecular flexibility index (Phi) is 3.61. The van der Waals surface area contributed by atoms with Crippen molar-refractivity contribution in [3.63, 3.8) is 0 Å². The van der Waals surface area contributed by atoms with Gasteiger partial charge in [0.1, 0.15) is 0 Å². The zero-order chi connectivity index (χ0) is 13.3. The monoisotopic (exact) mass is 264 g/mol. The van der Waals surface area contributed by atoms with Crippen molar-refractivity contribution in [1.82, 2.24) is 0 Å². The van der Waals surface area contributed by atoms with Gasteiger partial charge in [-0.05, 0) is 23.2 Å². The Bertz CT molecular complexity index is 470. The first-order valence-corrected chi connectivity index (χ1v) is 9.67. The highest BCUT2D eigenvalue weighted by Crippen LogP contribution is 2.12. The third kappa shape index (κ3) is 3.01. The molecule has 96 valence electrons. The topological polar surface area (TPSA) is 55.8 Å². The fraction of sp³-hybridized carbons (Fsp3) is 0.417. The molecule has 0 atom stereocenters. The number of ether oxygens (including phenoxy) is 1. The van der Waals surface area contributed by atoms with Gasteiger partial charge in [-0.25, -0.2) is 4.79 Å². The highest BCUT2D eigenvalue weighted by Gasteiger charge is 2.28. The van der Waals surface area contributed by atoms with Gasteiger partial charge in [-0.2, -0.15) is 0 Å². The number of esters is 1. The molecular formula is C12H17BO4Si. The van der Waals surface area contributed by atoms with Crippen LogP contribution in [-0.4, -0.2) is 32.4 Å². The average Bonchev–Trinajstić information content (AvgIpc) is 2.67. The summed E-state index contributed by atoms with van der Waals surface area (Å²) >= 11 is 0. The van der Waals surface area contributed by atoms with E-state index in [1.54, 1.807) is 18.2 Å². The van der Waals surface area contributed by atoms with Crippen molar-refractivity contribution in [3.8, 4) is 0 Å². The Morgan fingerprint density at radius 1 is 1.50 bits per heavy atom. The molecule has 0 saturated heterocycles. The highest BCUT2D eigenvalue weighted by molar-refractivity contribution is 6.76. The number of hydrogen-bond acceptors (Lipinski definition) is 4. The minimum absolute atomic E-state index is 0.334.